The molecule has 17 heavy (non-hydrogen) atoms. The van der Waals surface area contributed by atoms with E-state index in [0.717, 1.165) is 6.42 Å². The molecule has 1 aliphatic carbocycles. The standard InChI is InChI=1S/C14H19NO2/c1-6-7-12(16)15-11-8-14(4,5)10(3)13(17)9(11)2/h8H,2-3,6-7H2,1,4-5H3,(H,15,16). The summed E-state index contributed by atoms with van der Waals surface area (Å²) in [6.45, 7) is 13.2. The normalized spacial score (nSPS) is 19.0. The van der Waals surface area contributed by atoms with Crippen LogP contribution < -0.4 is 5.32 Å². The van der Waals surface area contributed by atoms with Gasteiger partial charge in [-0.2, -0.15) is 0 Å². The summed E-state index contributed by atoms with van der Waals surface area (Å²) in [4.78, 5) is 23.4. The number of ketones is 1. The molecular formula is C14H19NO2. The van der Waals surface area contributed by atoms with Gasteiger partial charge in [0.2, 0.25) is 5.91 Å². The largest absolute Gasteiger partial charge is 0.326 e. The Kier molecular flexibility index (Phi) is 3.71. The summed E-state index contributed by atoms with van der Waals surface area (Å²) in [5.41, 5.74) is 0.910. The third-order valence-corrected chi connectivity index (χ3v) is 2.91. The molecule has 0 radical (unpaired) electrons. The van der Waals surface area contributed by atoms with Gasteiger partial charge in [0.15, 0.2) is 5.78 Å². The molecule has 1 amide bonds. The minimum Gasteiger partial charge on any atom is -0.326 e. The van der Waals surface area contributed by atoms with Crippen molar-refractivity contribution in [3.63, 3.8) is 0 Å². The summed E-state index contributed by atoms with van der Waals surface area (Å²) in [6, 6.07) is 0. The van der Waals surface area contributed by atoms with Gasteiger partial charge in [-0.3, -0.25) is 9.59 Å². The maximum Gasteiger partial charge on any atom is 0.224 e. The van der Waals surface area contributed by atoms with Crippen molar-refractivity contribution in [2.45, 2.75) is 33.6 Å². The van der Waals surface area contributed by atoms with Gasteiger partial charge in [0, 0.05) is 28.7 Å². The summed E-state index contributed by atoms with van der Waals surface area (Å²) in [5.74, 6) is -0.264. The van der Waals surface area contributed by atoms with Crippen LogP contribution in [0.4, 0.5) is 0 Å². The monoisotopic (exact) mass is 233 g/mol. The highest BCUT2D eigenvalue weighted by atomic mass is 16.1. The molecule has 0 aliphatic heterocycles. The molecule has 3 heteroatoms. The highest BCUT2D eigenvalue weighted by Crippen LogP contribution is 2.36. The van der Waals surface area contributed by atoms with Crippen molar-refractivity contribution in [1.82, 2.24) is 5.32 Å². The zero-order valence-electron chi connectivity index (χ0n) is 10.7. The summed E-state index contributed by atoms with van der Waals surface area (Å²) in [6.07, 6.45) is 3.06. The molecule has 0 aromatic carbocycles. The topological polar surface area (TPSA) is 46.2 Å². The van der Waals surface area contributed by atoms with Gasteiger partial charge in [-0.25, -0.2) is 0 Å². The van der Waals surface area contributed by atoms with E-state index in [9.17, 15) is 9.59 Å². The maximum absolute atomic E-state index is 11.9. The van der Waals surface area contributed by atoms with Gasteiger partial charge in [-0.1, -0.05) is 33.9 Å². The quantitative estimate of drug-likeness (QED) is 0.761. The molecule has 0 fully saturated rings. The molecule has 0 bridgehead atoms. The summed E-state index contributed by atoms with van der Waals surface area (Å²) >= 11 is 0. The third-order valence-electron chi connectivity index (χ3n) is 2.91. The highest BCUT2D eigenvalue weighted by Gasteiger charge is 2.33. The lowest BCUT2D eigenvalue weighted by Gasteiger charge is -2.30. The average Bonchev–Trinajstić information content (AvgIpc) is 2.23. The number of amides is 1. The van der Waals surface area contributed by atoms with Crippen LogP contribution in [-0.2, 0) is 9.59 Å². The Morgan fingerprint density at radius 1 is 1.41 bits per heavy atom. The van der Waals surface area contributed by atoms with E-state index in [1.54, 1.807) is 0 Å². The molecule has 1 rings (SSSR count). The van der Waals surface area contributed by atoms with Gasteiger partial charge in [0.25, 0.3) is 0 Å². The number of rotatable bonds is 3. The Morgan fingerprint density at radius 3 is 2.53 bits per heavy atom. The van der Waals surface area contributed by atoms with Gasteiger partial charge in [-0.05, 0) is 12.5 Å². The van der Waals surface area contributed by atoms with E-state index in [-0.39, 0.29) is 11.7 Å². The van der Waals surface area contributed by atoms with E-state index >= 15 is 0 Å². The number of hydrogen-bond donors (Lipinski definition) is 1. The number of allylic oxidation sites excluding steroid dienone is 3. The van der Waals surface area contributed by atoms with E-state index in [1.807, 2.05) is 26.8 Å². The number of Topliss-reactive ketones (excluding diaryl/α,β-unsaturated/α-hetero) is 1. The highest BCUT2D eigenvalue weighted by molar-refractivity contribution is 6.13. The van der Waals surface area contributed by atoms with Gasteiger partial charge < -0.3 is 5.32 Å². The predicted octanol–water partition coefficient (Wildman–Crippen LogP) is 2.51. The van der Waals surface area contributed by atoms with Crippen molar-refractivity contribution in [3.8, 4) is 0 Å². The van der Waals surface area contributed by atoms with Crippen LogP contribution in [0.3, 0.4) is 0 Å². The second-order valence-electron chi connectivity index (χ2n) is 4.86. The first-order valence-electron chi connectivity index (χ1n) is 5.75. The molecule has 0 unspecified atom stereocenters. The van der Waals surface area contributed by atoms with Gasteiger partial charge >= 0.3 is 0 Å². The summed E-state index contributed by atoms with van der Waals surface area (Å²) in [7, 11) is 0. The molecule has 92 valence electrons. The van der Waals surface area contributed by atoms with Gasteiger partial charge in [-0.15, -0.1) is 0 Å². The van der Waals surface area contributed by atoms with Crippen molar-refractivity contribution in [2.75, 3.05) is 0 Å². The van der Waals surface area contributed by atoms with Crippen molar-refractivity contribution < 1.29 is 9.59 Å². The fraction of sp³-hybridized carbons (Fsp3) is 0.429. The third kappa shape index (κ3) is 2.73. The second kappa shape index (κ2) is 4.70. The summed E-state index contributed by atoms with van der Waals surface area (Å²) < 4.78 is 0. The van der Waals surface area contributed by atoms with E-state index in [2.05, 4.69) is 18.5 Å². The molecule has 0 saturated carbocycles. The van der Waals surface area contributed by atoms with Crippen LogP contribution in [0.5, 0.6) is 0 Å². The molecule has 0 saturated heterocycles. The van der Waals surface area contributed by atoms with E-state index in [4.69, 9.17) is 0 Å². The molecule has 3 nitrogen and oxygen atoms in total. The van der Waals surface area contributed by atoms with E-state index in [1.165, 1.54) is 0 Å². The summed E-state index contributed by atoms with van der Waals surface area (Å²) in [5, 5.41) is 2.74. The van der Waals surface area contributed by atoms with Crippen LogP contribution in [0.15, 0.2) is 36.1 Å². The van der Waals surface area contributed by atoms with Crippen LogP contribution in [0.1, 0.15) is 33.6 Å². The number of carbonyl (C=O) groups excluding carboxylic acids is 2. The van der Waals surface area contributed by atoms with Crippen LogP contribution in [0.2, 0.25) is 0 Å². The van der Waals surface area contributed by atoms with Crippen molar-refractivity contribution in [2.24, 2.45) is 5.41 Å². The fourth-order valence-corrected chi connectivity index (χ4v) is 1.68. The number of hydrogen-bond acceptors (Lipinski definition) is 2. The van der Waals surface area contributed by atoms with Crippen LogP contribution >= 0.6 is 0 Å². The lowest BCUT2D eigenvalue weighted by Crippen LogP contribution is -2.33. The second-order valence-corrected chi connectivity index (χ2v) is 4.86. The maximum atomic E-state index is 11.9. The minimum absolute atomic E-state index is 0.0870. The minimum atomic E-state index is -0.437. The number of nitrogens with one attached hydrogen (secondary N) is 1. The van der Waals surface area contributed by atoms with Crippen molar-refractivity contribution in [1.29, 1.82) is 0 Å². The van der Waals surface area contributed by atoms with Crippen molar-refractivity contribution in [3.05, 3.63) is 36.1 Å². The zero-order valence-corrected chi connectivity index (χ0v) is 10.7. The van der Waals surface area contributed by atoms with E-state index < -0.39 is 5.41 Å². The van der Waals surface area contributed by atoms with E-state index in [0.29, 0.717) is 23.3 Å². The predicted molar refractivity (Wildman–Crippen MR) is 68.2 cm³/mol. The lowest BCUT2D eigenvalue weighted by molar-refractivity contribution is -0.120. The lowest BCUT2D eigenvalue weighted by atomic mass is 9.75. The number of carbonyl (C=O) groups is 2. The smallest absolute Gasteiger partial charge is 0.224 e. The Hall–Kier alpha value is -1.64. The van der Waals surface area contributed by atoms with Gasteiger partial charge in [0.1, 0.15) is 0 Å². The Morgan fingerprint density at radius 2 is 2.00 bits per heavy atom. The van der Waals surface area contributed by atoms with Crippen LogP contribution in [0.25, 0.3) is 0 Å². The van der Waals surface area contributed by atoms with Crippen LogP contribution in [0, 0.1) is 5.41 Å². The SMILES string of the molecule is C=C1C(=O)C(=C)C(C)(C)C=C1NC(=O)CCC. The Balaban J connectivity index is 2.99. The molecular weight excluding hydrogens is 214 g/mol. The first-order chi connectivity index (χ1) is 7.79. The zero-order chi connectivity index (χ0) is 13.2. The van der Waals surface area contributed by atoms with Gasteiger partial charge in [0.05, 0.1) is 0 Å². The molecule has 1 N–H and O–H groups in total. The fourth-order valence-electron chi connectivity index (χ4n) is 1.68. The molecule has 0 heterocycles. The van der Waals surface area contributed by atoms with Crippen molar-refractivity contribution >= 4 is 11.7 Å². The average molecular weight is 233 g/mol. The first kappa shape index (κ1) is 13.4. The van der Waals surface area contributed by atoms with Crippen LogP contribution in [-0.4, -0.2) is 11.7 Å². The molecule has 0 aromatic rings. The Bertz CT molecular complexity index is 428. The molecule has 0 aromatic heterocycles. The molecule has 0 spiro atoms. The first-order valence-corrected chi connectivity index (χ1v) is 5.75. The molecule has 0 atom stereocenters. The molecule has 1 aliphatic rings. The Labute approximate surface area is 102 Å².